The fourth-order valence-electron chi connectivity index (χ4n) is 2.86. The minimum absolute atomic E-state index is 0.0115. The number of nitrogens with zero attached hydrogens (tertiary/aromatic N) is 2. The Balaban J connectivity index is 2.20. The van der Waals surface area contributed by atoms with Gasteiger partial charge in [-0.1, -0.05) is 0 Å². The number of fused-ring (bicyclic) bond motifs is 1. The topological polar surface area (TPSA) is 115 Å². The second-order valence-electron chi connectivity index (χ2n) is 7.13. The fourth-order valence-corrected chi connectivity index (χ4v) is 5.46. The number of hydrogen-bond acceptors (Lipinski definition) is 7. The molecule has 0 aliphatic rings. The van der Waals surface area contributed by atoms with Gasteiger partial charge in [0.1, 0.15) is 15.7 Å². The van der Waals surface area contributed by atoms with Crippen LogP contribution in [-0.2, 0) is 25.9 Å². The maximum atomic E-state index is 13.1. The van der Waals surface area contributed by atoms with Gasteiger partial charge in [-0.05, 0) is 50.2 Å². The van der Waals surface area contributed by atoms with E-state index in [1.807, 2.05) is 0 Å². The number of aromatic nitrogens is 2. The number of rotatable bonds is 6. The zero-order valence-corrected chi connectivity index (χ0v) is 20.5. The zero-order chi connectivity index (χ0) is 25.6. The monoisotopic (exact) mass is 557 g/mol. The zero-order valence-electron chi connectivity index (χ0n) is 17.3. The van der Waals surface area contributed by atoms with Crippen LogP contribution in [0, 0.1) is 0 Å². The van der Waals surface area contributed by atoms with Crippen molar-refractivity contribution < 1.29 is 30.0 Å². The molecule has 2 aromatic carbocycles. The van der Waals surface area contributed by atoms with Crippen molar-refractivity contribution in [3.63, 3.8) is 0 Å². The molecule has 0 fully saturated rings. The summed E-state index contributed by atoms with van der Waals surface area (Å²) in [5, 5.41) is -0.370. The second kappa shape index (κ2) is 9.02. The smallest absolute Gasteiger partial charge is 0.290 e. The number of sulfone groups is 2. The minimum Gasteiger partial charge on any atom is -0.290 e. The first-order valence-corrected chi connectivity index (χ1v) is 13.3. The number of anilines is 1. The molecule has 1 aromatic heterocycles. The summed E-state index contributed by atoms with van der Waals surface area (Å²) < 4.78 is 87.4. The predicted octanol–water partition coefficient (Wildman–Crippen LogP) is 4.01. The lowest BCUT2D eigenvalue weighted by Crippen LogP contribution is -2.27. The van der Waals surface area contributed by atoms with Gasteiger partial charge in [-0.3, -0.25) is 10.2 Å². The summed E-state index contributed by atoms with van der Waals surface area (Å²) in [4.78, 5) is 15.8. The van der Waals surface area contributed by atoms with Crippen LogP contribution in [0.5, 0.6) is 0 Å². The Kier molecular flexibility index (Phi) is 6.97. The minimum atomic E-state index is -4.70. The van der Waals surface area contributed by atoms with Crippen LogP contribution in [0.1, 0.15) is 19.4 Å². The van der Waals surface area contributed by atoms with Crippen LogP contribution in [0.2, 0.25) is 0 Å². The highest BCUT2D eigenvalue weighted by Gasteiger charge is 2.31. The molecule has 0 aliphatic heterocycles. The standard InChI is InChI=1S/C19H16Cl2F3N3O5S2/c1-10(20)33(29,30)14-6-13(7-15(8-14)34(31,32)11(2)21)26-27-9-25-17-4-3-12(19(22,23)24)5-16(17)18(27)28/h3-11,26H,1-2H3. The lowest BCUT2D eigenvalue weighted by Gasteiger charge is -2.15. The van der Waals surface area contributed by atoms with Gasteiger partial charge in [0.15, 0.2) is 19.7 Å². The molecule has 0 amide bonds. The van der Waals surface area contributed by atoms with E-state index in [9.17, 15) is 34.8 Å². The molecule has 2 unspecified atom stereocenters. The Morgan fingerprint density at radius 3 is 1.94 bits per heavy atom. The van der Waals surface area contributed by atoms with Gasteiger partial charge in [0, 0.05) is 0 Å². The van der Waals surface area contributed by atoms with Crippen LogP contribution >= 0.6 is 23.2 Å². The van der Waals surface area contributed by atoms with E-state index in [1.165, 1.54) is 13.8 Å². The average molecular weight is 558 g/mol. The summed E-state index contributed by atoms with van der Waals surface area (Å²) >= 11 is 11.5. The Hall–Kier alpha value is -2.35. The highest BCUT2D eigenvalue weighted by atomic mass is 35.5. The molecule has 0 saturated heterocycles. The number of nitrogens with one attached hydrogen (secondary N) is 1. The van der Waals surface area contributed by atoms with Crippen LogP contribution in [0.3, 0.4) is 0 Å². The Morgan fingerprint density at radius 1 is 0.941 bits per heavy atom. The van der Waals surface area contributed by atoms with Gasteiger partial charge in [-0.25, -0.2) is 26.5 Å². The van der Waals surface area contributed by atoms with Crippen molar-refractivity contribution in [2.75, 3.05) is 5.43 Å². The highest BCUT2D eigenvalue weighted by Crippen LogP contribution is 2.31. The third kappa shape index (κ3) is 5.02. The molecule has 3 rings (SSSR count). The molecule has 0 spiro atoms. The van der Waals surface area contributed by atoms with Gasteiger partial charge in [0.25, 0.3) is 5.56 Å². The first-order valence-electron chi connectivity index (χ1n) is 9.32. The normalized spacial score (nSPS) is 14.7. The molecule has 1 heterocycles. The van der Waals surface area contributed by atoms with Crippen LogP contribution in [0.4, 0.5) is 18.9 Å². The van der Waals surface area contributed by atoms with Crippen LogP contribution < -0.4 is 11.0 Å². The number of hydrogen-bond donors (Lipinski definition) is 1. The summed E-state index contributed by atoms with van der Waals surface area (Å²) in [5.41, 5.74) is 0.265. The van der Waals surface area contributed by atoms with Crippen molar-refractivity contribution in [1.82, 2.24) is 9.66 Å². The molecule has 0 bridgehead atoms. The lowest BCUT2D eigenvalue weighted by atomic mass is 10.1. The van der Waals surface area contributed by atoms with E-state index in [-0.39, 0.29) is 16.6 Å². The van der Waals surface area contributed by atoms with E-state index in [1.54, 1.807) is 0 Å². The fraction of sp³-hybridized carbons (Fsp3) is 0.263. The van der Waals surface area contributed by atoms with Gasteiger partial charge in [0.2, 0.25) is 0 Å². The third-order valence-corrected chi connectivity index (χ3v) is 9.63. The lowest BCUT2D eigenvalue weighted by molar-refractivity contribution is -0.137. The Labute approximate surface area is 202 Å². The van der Waals surface area contributed by atoms with E-state index < -0.39 is 56.2 Å². The van der Waals surface area contributed by atoms with Crippen LogP contribution in [-0.4, -0.2) is 35.9 Å². The van der Waals surface area contributed by atoms with Crippen molar-refractivity contribution in [3.8, 4) is 0 Å². The molecule has 8 nitrogen and oxygen atoms in total. The van der Waals surface area contributed by atoms with E-state index in [0.29, 0.717) is 10.7 Å². The van der Waals surface area contributed by atoms with Crippen molar-refractivity contribution in [2.45, 2.75) is 39.2 Å². The average Bonchev–Trinajstić information content (AvgIpc) is 2.74. The molecule has 2 atom stereocenters. The summed E-state index contributed by atoms with van der Waals surface area (Å²) in [5.74, 6) is 0. The molecule has 0 radical (unpaired) electrons. The highest BCUT2D eigenvalue weighted by molar-refractivity contribution is 7.94. The second-order valence-corrected chi connectivity index (χ2v) is 13.5. The molecule has 3 aromatic rings. The summed E-state index contributed by atoms with van der Waals surface area (Å²) in [7, 11) is -8.35. The van der Waals surface area contributed by atoms with E-state index in [0.717, 1.165) is 36.7 Å². The Morgan fingerprint density at radius 2 is 1.47 bits per heavy atom. The molecule has 34 heavy (non-hydrogen) atoms. The van der Waals surface area contributed by atoms with Gasteiger partial charge < -0.3 is 0 Å². The Bertz CT molecular complexity index is 1480. The first-order chi connectivity index (χ1) is 15.5. The van der Waals surface area contributed by atoms with E-state index in [2.05, 4.69) is 10.4 Å². The van der Waals surface area contributed by atoms with E-state index >= 15 is 0 Å². The summed E-state index contributed by atoms with van der Waals surface area (Å²) in [6.07, 6.45) is -3.74. The molecule has 15 heteroatoms. The van der Waals surface area contributed by atoms with Crippen LogP contribution in [0.25, 0.3) is 10.9 Å². The molecule has 0 saturated carbocycles. The number of halogens is 5. The predicted molar refractivity (Wildman–Crippen MR) is 121 cm³/mol. The van der Waals surface area contributed by atoms with Crippen LogP contribution in [0.15, 0.2) is 57.3 Å². The van der Waals surface area contributed by atoms with Crippen molar-refractivity contribution in [2.24, 2.45) is 0 Å². The van der Waals surface area contributed by atoms with Gasteiger partial charge in [0.05, 0.1) is 31.9 Å². The quantitative estimate of drug-likeness (QED) is 0.455. The van der Waals surface area contributed by atoms with Gasteiger partial charge in [-0.15, -0.1) is 23.2 Å². The maximum absolute atomic E-state index is 13.1. The SMILES string of the molecule is CC(Cl)S(=O)(=O)c1cc(Nn2cnc3ccc(C(F)(F)F)cc3c2=O)cc(S(=O)(=O)C(C)Cl)c1. The molecular formula is C19H16Cl2F3N3O5S2. The molecule has 0 aliphatic carbocycles. The van der Waals surface area contributed by atoms with Crippen molar-refractivity contribution in [3.05, 3.63) is 58.6 Å². The molecule has 1 N–H and O–H groups in total. The first kappa shape index (κ1) is 26.3. The van der Waals surface area contributed by atoms with Gasteiger partial charge in [-0.2, -0.15) is 13.2 Å². The molecular weight excluding hydrogens is 542 g/mol. The largest absolute Gasteiger partial charge is 0.416 e. The van der Waals surface area contributed by atoms with E-state index in [4.69, 9.17) is 23.2 Å². The number of benzene rings is 2. The number of alkyl halides is 5. The maximum Gasteiger partial charge on any atom is 0.416 e. The van der Waals surface area contributed by atoms with Gasteiger partial charge >= 0.3 is 6.18 Å². The summed E-state index contributed by atoms with van der Waals surface area (Å²) in [6.45, 7) is 2.34. The summed E-state index contributed by atoms with van der Waals surface area (Å²) in [6, 6.07) is 5.36. The van der Waals surface area contributed by atoms with Crippen molar-refractivity contribution >= 4 is 59.5 Å². The van der Waals surface area contributed by atoms with Crippen molar-refractivity contribution in [1.29, 1.82) is 0 Å². The molecule has 184 valence electrons. The third-order valence-electron chi connectivity index (χ3n) is 4.73.